The summed E-state index contributed by atoms with van der Waals surface area (Å²) in [6.45, 7) is 14.4. The van der Waals surface area contributed by atoms with Crippen molar-refractivity contribution in [3.63, 3.8) is 0 Å². The van der Waals surface area contributed by atoms with Crippen molar-refractivity contribution in [1.82, 2.24) is 0 Å². The van der Waals surface area contributed by atoms with Gasteiger partial charge in [0.1, 0.15) is 0 Å². The topological polar surface area (TPSA) is 8.72 Å². The largest absolute Gasteiger partial charge is 0.237 e. The zero-order chi connectivity index (χ0) is 14.9. The monoisotopic (exact) mass is 332 g/mol. The van der Waals surface area contributed by atoms with Gasteiger partial charge in [-0.3, -0.25) is 0 Å². The average Bonchev–Trinajstić information content (AvgIpc) is 2.42. The van der Waals surface area contributed by atoms with E-state index >= 15 is 0 Å². The number of hydrogen-bond acceptors (Lipinski definition) is 2. The van der Waals surface area contributed by atoms with Gasteiger partial charge in [-0.05, 0) is 21.7 Å². The Kier molecular flexibility index (Phi) is 4.74. The summed E-state index contributed by atoms with van der Waals surface area (Å²) >= 11 is 8.97. The molecular formula is C14H10N2P2S2. The average molecular weight is 332 g/mol. The molecule has 0 heterocycles. The van der Waals surface area contributed by atoms with Crippen molar-refractivity contribution in [2.75, 3.05) is 0 Å². The predicted octanol–water partition coefficient (Wildman–Crippen LogP) is 4.03. The molecule has 6 heteroatoms. The van der Waals surface area contributed by atoms with E-state index < -0.39 is 0 Å². The highest BCUT2D eigenvalue weighted by molar-refractivity contribution is 7.81. The Balaban J connectivity index is 2.90. The van der Waals surface area contributed by atoms with Crippen LogP contribution in [0.2, 0.25) is 0 Å². The van der Waals surface area contributed by atoms with Crippen molar-refractivity contribution in [3.05, 3.63) is 47.1 Å². The molecule has 0 aliphatic heterocycles. The van der Waals surface area contributed by atoms with Crippen molar-refractivity contribution >= 4 is 65.7 Å². The maximum Gasteiger partial charge on any atom is 0.200 e. The zero-order valence-electron chi connectivity index (χ0n) is 10.3. The van der Waals surface area contributed by atoms with E-state index in [2.05, 4.69) is 53.4 Å². The van der Waals surface area contributed by atoms with Crippen LogP contribution in [0.4, 0.5) is 11.4 Å². The van der Waals surface area contributed by atoms with Gasteiger partial charge >= 0.3 is 0 Å². The van der Waals surface area contributed by atoms with E-state index in [4.69, 9.17) is 13.1 Å². The molecule has 0 fully saturated rings. The third-order valence-electron chi connectivity index (χ3n) is 2.87. The first-order valence-electron chi connectivity index (χ1n) is 5.49. The lowest BCUT2D eigenvalue weighted by Crippen LogP contribution is -2.06. The van der Waals surface area contributed by atoms with E-state index in [0.717, 1.165) is 21.7 Å². The molecule has 2 aromatic rings. The van der Waals surface area contributed by atoms with Crippen LogP contribution in [0, 0.1) is 13.1 Å². The molecule has 0 aliphatic rings. The quantitative estimate of drug-likeness (QED) is 0.443. The maximum atomic E-state index is 7.20. The minimum absolute atomic E-state index is 0.486. The smallest absolute Gasteiger partial charge is 0.200 e. The van der Waals surface area contributed by atoms with Crippen LogP contribution in [0.3, 0.4) is 0 Å². The second kappa shape index (κ2) is 6.17. The van der Waals surface area contributed by atoms with Gasteiger partial charge in [0.2, 0.25) is 11.4 Å². The Bertz CT molecular complexity index is 722. The summed E-state index contributed by atoms with van der Waals surface area (Å²) in [5.74, 6) is 0. The van der Waals surface area contributed by atoms with E-state index in [9.17, 15) is 0 Å². The van der Waals surface area contributed by atoms with E-state index in [-0.39, 0.29) is 0 Å². The van der Waals surface area contributed by atoms with E-state index in [1.54, 1.807) is 12.1 Å². The standard InChI is InChI=1S/C14H10N2P2S2/c1-15-7-3-5-9(17)11(13(7)19)12-10(18)6-4-8(16-2)14(12)20/h3-6,19-20H,17-18H2. The third-order valence-corrected chi connectivity index (χ3v) is 4.74. The Morgan fingerprint density at radius 3 is 1.40 bits per heavy atom. The molecule has 0 aliphatic carbocycles. The van der Waals surface area contributed by atoms with Crippen molar-refractivity contribution in [2.45, 2.75) is 9.79 Å². The maximum absolute atomic E-state index is 7.20. The normalized spacial score (nSPS) is 9.90. The molecule has 0 bridgehead atoms. The highest BCUT2D eigenvalue weighted by Gasteiger charge is 2.17. The number of nitrogens with zero attached hydrogens (tertiary/aromatic N) is 2. The first-order valence-corrected chi connectivity index (χ1v) is 7.54. The van der Waals surface area contributed by atoms with Crippen LogP contribution in [-0.4, -0.2) is 0 Å². The molecule has 0 N–H and O–H groups in total. The fourth-order valence-electron chi connectivity index (χ4n) is 1.90. The molecule has 2 rings (SSSR count). The van der Waals surface area contributed by atoms with Crippen LogP contribution in [0.25, 0.3) is 20.8 Å². The predicted molar refractivity (Wildman–Crippen MR) is 97.6 cm³/mol. The summed E-state index contributed by atoms with van der Waals surface area (Å²) in [5.41, 5.74) is 2.62. The van der Waals surface area contributed by atoms with Gasteiger partial charge < -0.3 is 0 Å². The lowest BCUT2D eigenvalue weighted by atomic mass is 10.0. The molecule has 2 unspecified atom stereocenters. The molecule has 2 aromatic carbocycles. The number of thiol groups is 2. The fourth-order valence-corrected chi connectivity index (χ4v) is 3.64. The van der Waals surface area contributed by atoms with Gasteiger partial charge in [0.15, 0.2) is 0 Å². The van der Waals surface area contributed by atoms with Crippen LogP contribution in [0.15, 0.2) is 34.1 Å². The Morgan fingerprint density at radius 2 is 1.10 bits per heavy atom. The van der Waals surface area contributed by atoms with Crippen molar-refractivity contribution in [2.24, 2.45) is 0 Å². The van der Waals surface area contributed by atoms with Gasteiger partial charge in [0, 0.05) is 9.79 Å². The first kappa shape index (κ1) is 15.4. The van der Waals surface area contributed by atoms with Crippen LogP contribution in [-0.2, 0) is 0 Å². The van der Waals surface area contributed by atoms with Crippen LogP contribution < -0.4 is 10.6 Å². The molecule has 20 heavy (non-hydrogen) atoms. The molecule has 98 valence electrons. The van der Waals surface area contributed by atoms with Crippen molar-refractivity contribution < 1.29 is 0 Å². The van der Waals surface area contributed by atoms with Gasteiger partial charge in [-0.25, -0.2) is 9.69 Å². The second-order valence-electron chi connectivity index (χ2n) is 4.02. The van der Waals surface area contributed by atoms with Gasteiger partial charge in [-0.2, -0.15) is 25.3 Å². The van der Waals surface area contributed by atoms with E-state index in [1.165, 1.54) is 0 Å². The Labute approximate surface area is 133 Å². The molecule has 0 saturated heterocycles. The minimum Gasteiger partial charge on any atom is -0.237 e. The summed E-state index contributed by atoms with van der Waals surface area (Å²) in [6.07, 6.45) is 0. The van der Waals surface area contributed by atoms with Crippen LogP contribution in [0.1, 0.15) is 0 Å². The molecule has 0 saturated carbocycles. The molecule has 2 nitrogen and oxygen atoms in total. The molecule has 0 aromatic heterocycles. The molecule has 0 radical (unpaired) electrons. The fraction of sp³-hybridized carbons (Fsp3) is 0. The van der Waals surface area contributed by atoms with E-state index in [1.807, 2.05) is 12.1 Å². The number of hydrogen-bond donors (Lipinski definition) is 2. The Morgan fingerprint density at radius 1 is 0.750 bits per heavy atom. The van der Waals surface area contributed by atoms with Gasteiger partial charge in [0.05, 0.1) is 13.1 Å². The molecule has 2 atom stereocenters. The summed E-state index contributed by atoms with van der Waals surface area (Å²) in [5, 5.41) is 1.84. The SMILES string of the molecule is [C-]#[N+]c1ccc(P)c(-c2c(P)ccc([N+]#[C-])c2S)c1S. The lowest BCUT2D eigenvalue weighted by Gasteiger charge is -2.16. The number of benzene rings is 2. The summed E-state index contributed by atoms with van der Waals surface area (Å²) in [7, 11) is 5.28. The van der Waals surface area contributed by atoms with Crippen molar-refractivity contribution in [3.8, 4) is 11.1 Å². The second-order valence-corrected chi connectivity index (χ2v) is 6.16. The van der Waals surface area contributed by atoms with Gasteiger partial charge in [-0.1, -0.05) is 24.3 Å². The van der Waals surface area contributed by atoms with Crippen LogP contribution in [0.5, 0.6) is 0 Å². The van der Waals surface area contributed by atoms with Gasteiger partial charge in [0.25, 0.3) is 0 Å². The highest BCUT2D eigenvalue weighted by atomic mass is 32.1. The molecule has 0 spiro atoms. The highest BCUT2D eigenvalue weighted by Crippen LogP contribution is 2.39. The van der Waals surface area contributed by atoms with Gasteiger partial charge in [-0.15, -0.1) is 18.5 Å². The molecule has 0 amide bonds. The summed E-state index contributed by atoms with van der Waals surface area (Å²) in [6, 6.07) is 7.19. The Hall–Kier alpha value is -1.02. The van der Waals surface area contributed by atoms with Crippen LogP contribution >= 0.6 is 43.7 Å². The molecular weight excluding hydrogens is 322 g/mol. The van der Waals surface area contributed by atoms with E-state index in [0.29, 0.717) is 21.2 Å². The summed E-state index contributed by atoms with van der Waals surface area (Å²) in [4.78, 5) is 8.15. The third kappa shape index (κ3) is 2.58. The first-order chi connectivity index (χ1) is 9.51. The number of rotatable bonds is 1. The minimum atomic E-state index is 0.486. The zero-order valence-corrected chi connectivity index (χ0v) is 14.4. The summed E-state index contributed by atoms with van der Waals surface area (Å²) < 4.78 is 0. The lowest BCUT2D eigenvalue weighted by molar-refractivity contribution is 1.44. The van der Waals surface area contributed by atoms with Crippen molar-refractivity contribution in [1.29, 1.82) is 0 Å².